The lowest BCUT2D eigenvalue weighted by Crippen LogP contribution is -2.33. The van der Waals surface area contributed by atoms with Crippen molar-refractivity contribution < 1.29 is 0 Å². The van der Waals surface area contributed by atoms with Crippen LogP contribution in [0.4, 0.5) is 5.82 Å². The first-order valence-electron chi connectivity index (χ1n) is 7.01. The zero-order valence-corrected chi connectivity index (χ0v) is 12.0. The fourth-order valence-electron chi connectivity index (χ4n) is 2.65. The van der Waals surface area contributed by atoms with E-state index < -0.39 is 0 Å². The van der Waals surface area contributed by atoms with Crippen molar-refractivity contribution in [3.05, 3.63) is 17.3 Å². The number of anilines is 1. The second kappa shape index (κ2) is 5.43. The van der Waals surface area contributed by atoms with Crippen LogP contribution in [0.25, 0.3) is 10.2 Å². The molecule has 1 aliphatic rings. The molecule has 0 amide bonds. The Labute approximate surface area is 117 Å². The molecule has 0 radical (unpaired) electrons. The zero-order valence-electron chi connectivity index (χ0n) is 11.2. The molecule has 0 aromatic carbocycles. The average molecular weight is 276 g/mol. The second-order valence-corrected chi connectivity index (χ2v) is 6.38. The van der Waals surface area contributed by atoms with E-state index in [1.165, 1.54) is 10.3 Å². The molecule has 102 valence electrons. The Morgan fingerprint density at radius 1 is 1.32 bits per heavy atom. The Hall–Kier alpha value is -1.20. The molecule has 1 saturated carbocycles. The maximum absolute atomic E-state index is 5.95. The highest BCUT2D eigenvalue weighted by atomic mass is 32.1. The molecule has 19 heavy (non-hydrogen) atoms. The highest BCUT2D eigenvalue weighted by Gasteiger charge is 2.19. The minimum atomic E-state index is 0.385. The summed E-state index contributed by atoms with van der Waals surface area (Å²) >= 11 is 1.76. The van der Waals surface area contributed by atoms with E-state index in [-0.39, 0.29) is 0 Å². The maximum Gasteiger partial charge on any atom is 0.138 e. The number of aryl methyl sites for hydroxylation is 1. The van der Waals surface area contributed by atoms with E-state index in [2.05, 4.69) is 28.3 Å². The van der Waals surface area contributed by atoms with Crippen LogP contribution in [-0.4, -0.2) is 22.1 Å². The predicted molar refractivity (Wildman–Crippen MR) is 80.6 cm³/mol. The quantitative estimate of drug-likeness (QED) is 0.904. The standard InChI is InChI=1S/C14H20N4S/c1-2-11-7-12-13(16-8-17-14(12)19-11)18-10-5-3-9(15)4-6-10/h7-10H,2-6,15H2,1H3,(H,16,17,18)/t9-,10-. The van der Waals surface area contributed by atoms with Crippen molar-refractivity contribution in [2.45, 2.75) is 51.1 Å². The molecule has 5 heteroatoms. The first-order chi connectivity index (χ1) is 9.26. The number of aromatic nitrogens is 2. The highest BCUT2D eigenvalue weighted by molar-refractivity contribution is 7.18. The normalized spacial score (nSPS) is 23.7. The summed E-state index contributed by atoms with van der Waals surface area (Å²) in [5, 5.41) is 4.75. The van der Waals surface area contributed by atoms with Crippen molar-refractivity contribution in [2.75, 3.05) is 5.32 Å². The van der Waals surface area contributed by atoms with Gasteiger partial charge in [-0.25, -0.2) is 9.97 Å². The maximum atomic E-state index is 5.95. The lowest BCUT2D eigenvalue weighted by Gasteiger charge is -2.27. The van der Waals surface area contributed by atoms with Crippen LogP contribution in [0.2, 0.25) is 0 Å². The van der Waals surface area contributed by atoms with Gasteiger partial charge in [0.1, 0.15) is 17.0 Å². The number of hydrogen-bond acceptors (Lipinski definition) is 5. The molecule has 0 aliphatic heterocycles. The number of thiophene rings is 1. The molecule has 1 aliphatic carbocycles. The number of rotatable bonds is 3. The van der Waals surface area contributed by atoms with Gasteiger partial charge < -0.3 is 11.1 Å². The van der Waals surface area contributed by atoms with Crippen molar-refractivity contribution in [1.29, 1.82) is 0 Å². The summed E-state index contributed by atoms with van der Waals surface area (Å²) < 4.78 is 0. The van der Waals surface area contributed by atoms with E-state index in [9.17, 15) is 0 Å². The number of nitrogens with zero attached hydrogens (tertiary/aromatic N) is 2. The van der Waals surface area contributed by atoms with Gasteiger partial charge in [0.15, 0.2) is 0 Å². The third-order valence-corrected chi connectivity index (χ3v) is 5.03. The third-order valence-electron chi connectivity index (χ3n) is 3.84. The van der Waals surface area contributed by atoms with Crippen LogP contribution >= 0.6 is 11.3 Å². The van der Waals surface area contributed by atoms with E-state index in [1.807, 2.05) is 0 Å². The summed E-state index contributed by atoms with van der Waals surface area (Å²) in [7, 11) is 0. The summed E-state index contributed by atoms with van der Waals surface area (Å²) in [6.45, 7) is 2.17. The smallest absolute Gasteiger partial charge is 0.138 e. The molecular formula is C14H20N4S. The van der Waals surface area contributed by atoms with Crippen LogP contribution < -0.4 is 11.1 Å². The second-order valence-electron chi connectivity index (χ2n) is 5.26. The largest absolute Gasteiger partial charge is 0.367 e. The fraction of sp³-hybridized carbons (Fsp3) is 0.571. The van der Waals surface area contributed by atoms with Crippen molar-refractivity contribution in [1.82, 2.24) is 9.97 Å². The molecule has 2 heterocycles. The van der Waals surface area contributed by atoms with E-state index in [4.69, 9.17) is 5.73 Å². The molecule has 2 aromatic rings. The molecule has 3 rings (SSSR count). The monoisotopic (exact) mass is 276 g/mol. The van der Waals surface area contributed by atoms with Gasteiger partial charge in [-0.1, -0.05) is 6.92 Å². The average Bonchev–Trinajstić information content (AvgIpc) is 2.85. The summed E-state index contributed by atoms with van der Waals surface area (Å²) in [5.41, 5.74) is 5.95. The number of hydrogen-bond donors (Lipinski definition) is 2. The Bertz CT molecular complexity index is 558. The van der Waals surface area contributed by atoms with Gasteiger partial charge in [0.05, 0.1) is 5.39 Å². The minimum Gasteiger partial charge on any atom is -0.367 e. The zero-order chi connectivity index (χ0) is 13.2. The van der Waals surface area contributed by atoms with Crippen LogP contribution in [0.1, 0.15) is 37.5 Å². The molecule has 4 nitrogen and oxygen atoms in total. The molecule has 2 aromatic heterocycles. The lowest BCUT2D eigenvalue weighted by molar-refractivity contribution is 0.410. The third kappa shape index (κ3) is 2.72. The van der Waals surface area contributed by atoms with Crippen LogP contribution in [0.5, 0.6) is 0 Å². The first kappa shape index (κ1) is 12.8. The van der Waals surface area contributed by atoms with E-state index in [0.29, 0.717) is 12.1 Å². The summed E-state index contributed by atoms with van der Waals surface area (Å²) in [4.78, 5) is 11.2. The van der Waals surface area contributed by atoms with Crippen LogP contribution in [0, 0.1) is 0 Å². The molecule has 0 unspecified atom stereocenters. The van der Waals surface area contributed by atoms with Crippen molar-refractivity contribution >= 4 is 27.4 Å². The molecule has 0 bridgehead atoms. The van der Waals surface area contributed by atoms with Crippen LogP contribution in [-0.2, 0) is 6.42 Å². The summed E-state index contributed by atoms with van der Waals surface area (Å²) in [6, 6.07) is 3.11. The van der Waals surface area contributed by atoms with Gasteiger partial charge in [0, 0.05) is 17.0 Å². The first-order valence-corrected chi connectivity index (χ1v) is 7.83. The van der Waals surface area contributed by atoms with Gasteiger partial charge in [-0.15, -0.1) is 11.3 Å². The molecule has 0 atom stereocenters. The highest BCUT2D eigenvalue weighted by Crippen LogP contribution is 2.30. The predicted octanol–water partition coefficient (Wildman–Crippen LogP) is 2.94. The van der Waals surface area contributed by atoms with Crippen molar-refractivity contribution in [3.8, 4) is 0 Å². The van der Waals surface area contributed by atoms with E-state index in [1.54, 1.807) is 17.7 Å². The minimum absolute atomic E-state index is 0.385. The van der Waals surface area contributed by atoms with Gasteiger partial charge >= 0.3 is 0 Å². The van der Waals surface area contributed by atoms with Crippen molar-refractivity contribution in [2.24, 2.45) is 5.73 Å². The summed E-state index contributed by atoms with van der Waals surface area (Å²) in [5.74, 6) is 0.987. The van der Waals surface area contributed by atoms with Crippen LogP contribution in [0.3, 0.4) is 0 Å². The fourth-order valence-corrected chi connectivity index (χ4v) is 3.59. The number of fused-ring (bicyclic) bond motifs is 1. The lowest BCUT2D eigenvalue weighted by atomic mass is 9.92. The number of nitrogens with one attached hydrogen (secondary N) is 1. The molecule has 0 spiro atoms. The Kier molecular flexibility index (Phi) is 3.66. The van der Waals surface area contributed by atoms with Gasteiger partial charge in [-0.3, -0.25) is 0 Å². The number of nitrogens with two attached hydrogens (primary N) is 1. The molecule has 1 fully saturated rings. The SMILES string of the molecule is CCc1cc2c(N[C@H]3CC[C@H](N)CC3)ncnc2s1. The Morgan fingerprint density at radius 2 is 2.11 bits per heavy atom. The van der Waals surface area contributed by atoms with E-state index >= 15 is 0 Å². The molecular weight excluding hydrogens is 256 g/mol. The summed E-state index contributed by atoms with van der Waals surface area (Å²) in [6.07, 6.45) is 7.20. The van der Waals surface area contributed by atoms with Gasteiger partial charge in [-0.05, 0) is 38.2 Å². The van der Waals surface area contributed by atoms with Gasteiger partial charge in [0.25, 0.3) is 0 Å². The molecule has 0 saturated heterocycles. The van der Waals surface area contributed by atoms with Gasteiger partial charge in [-0.2, -0.15) is 0 Å². The topological polar surface area (TPSA) is 63.8 Å². The Balaban J connectivity index is 1.82. The van der Waals surface area contributed by atoms with Crippen LogP contribution in [0.15, 0.2) is 12.4 Å². The molecule has 3 N–H and O–H groups in total. The van der Waals surface area contributed by atoms with Crippen molar-refractivity contribution in [3.63, 3.8) is 0 Å². The van der Waals surface area contributed by atoms with E-state index in [0.717, 1.165) is 42.8 Å². The van der Waals surface area contributed by atoms with Gasteiger partial charge in [0.2, 0.25) is 0 Å². The Morgan fingerprint density at radius 3 is 2.84 bits per heavy atom.